The monoisotopic (exact) mass is 548 g/mol. The summed E-state index contributed by atoms with van der Waals surface area (Å²) in [5, 5.41) is 2.73. The molecule has 0 saturated carbocycles. The Morgan fingerprint density at radius 3 is 2.21 bits per heavy atom. The zero-order chi connectivity index (χ0) is 28.2. The Bertz CT molecular complexity index is 1350. The van der Waals surface area contributed by atoms with E-state index in [9.17, 15) is 14.4 Å². The number of esters is 1. The Hall–Kier alpha value is -3.98. The lowest BCUT2D eigenvalue weighted by atomic mass is 10.0. The zero-order valence-electron chi connectivity index (χ0n) is 22.6. The zero-order valence-corrected chi connectivity index (χ0v) is 23.5. The van der Waals surface area contributed by atoms with Crippen LogP contribution in [0.3, 0.4) is 0 Å². The Morgan fingerprint density at radius 2 is 1.62 bits per heavy atom. The van der Waals surface area contributed by atoms with Gasteiger partial charge in [-0.05, 0) is 67.8 Å². The number of carbonyl (C=O) groups is 3. The minimum absolute atomic E-state index is 0.242. The van der Waals surface area contributed by atoms with E-state index in [-0.39, 0.29) is 12.5 Å². The Balaban J connectivity index is 1.64. The second-order valence-electron chi connectivity index (χ2n) is 10.0. The lowest BCUT2D eigenvalue weighted by molar-refractivity contribution is -0.120. The summed E-state index contributed by atoms with van der Waals surface area (Å²) >= 11 is 1.43. The number of nitrogens with one attached hydrogen (secondary N) is 1. The van der Waals surface area contributed by atoms with Gasteiger partial charge in [-0.15, -0.1) is 11.8 Å². The molecular weight excluding hydrogens is 516 g/mol. The molecule has 3 aromatic carbocycles. The molecule has 0 radical (unpaired) electrons. The van der Waals surface area contributed by atoms with E-state index in [0.29, 0.717) is 17.0 Å². The number of hydrogen-bond donors (Lipinski definition) is 1. The van der Waals surface area contributed by atoms with Crippen molar-refractivity contribution in [1.29, 1.82) is 0 Å². The van der Waals surface area contributed by atoms with Crippen LogP contribution >= 0.6 is 11.8 Å². The van der Waals surface area contributed by atoms with Crippen molar-refractivity contribution in [2.45, 2.75) is 43.9 Å². The van der Waals surface area contributed by atoms with E-state index >= 15 is 0 Å². The van der Waals surface area contributed by atoms with Crippen LogP contribution in [0, 0.1) is 0 Å². The van der Waals surface area contributed by atoms with Crippen molar-refractivity contribution < 1.29 is 28.6 Å². The van der Waals surface area contributed by atoms with Crippen molar-refractivity contribution in [1.82, 2.24) is 5.32 Å². The van der Waals surface area contributed by atoms with E-state index in [1.807, 2.05) is 48.5 Å². The van der Waals surface area contributed by atoms with Gasteiger partial charge in [-0.25, -0.2) is 9.59 Å². The summed E-state index contributed by atoms with van der Waals surface area (Å²) in [4.78, 5) is 41.1. The number of carbonyl (C=O) groups excluding carboxylic acids is 3. The Kier molecular flexibility index (Phi) is 8.50. The van der Waals surface area contributed by atoms with Gasteiger partial charge < -0.3 is 24.4 Å². The molecular formula is C30H32N2O6S. The molecule has 1 aliphatic heterocycles. The number of methoxy groups -OCH3 is 2. The number of anilines is 1. The van der Waals surface area contributed by atoms with Crippen molar-refractivity contribution in [2.24, 2.45) is 0 Å². The molecule has 204 valence electrons. The van der Waals surface area contributed by atoms with Gasteiger partial charge >= 0.3 is 12.1 Å². The molecule has 0 aliphatic carbocycles. The van der Waals surface area contributed by atoms with Gasteiger partial charge in [0.15, 0.2) is 0 Å². The fourth-order valence-corrected chi connectivity index (χ4v) is 5.18. The lowest BCUT2D eigenvalue weighted by Crippen LogP contribution is -2.50. The van der Waals surface area contributed by atoms with Crippen molar-refractivity contribution in [3.8, 4) is 16.9 Å². The van der Waals surface area contributed by atoms with Crippen LogP contribution < -0.4 is 15.0 Å². The quantitative estimate of drug-likeness (QED) is 0.396. The van der Waals surface area contributed by atoms with Crippen LogP contribution in [-0.4, -0.2) is 49.6 Å². The van der Waals surface area contributed by atoms with Crippen LogP contribution in [0.25, 0.3) is 11.1 Å². The molecule has 9 heteroatoms. The summed E-state index contributed by atoms with van der Waals surface area (Å²) < 4.78 is 15.5. The number of alkyl carbamates (subject to hydrolysis) is 1. The van der Waals surface area contributed by atoms with E-state index in [0.717, 1.165) is 27.3 Å². The lowest BCUT2D eigenvalue weighted by Gasteiger charge is -2.27. The van der Waals surface area contributed by atoms with E-state index in [4.69, 9.17) is 14.2 Å². The predicted molar refractivity (Wildman–Crippen MR) is 151 cm³/mol. The Morgan fingerprint density at radius 1 is 0.974 bits per heavy atom. The van der Waals surface area contributed by atoms with Crippen molar-refractivity contribution >= 4 is 35.4 Å². The maximum Gasteiger partial charge on any atom is 0.408 e. The summed E-state index contributed by atoms with van der Waals surface area (Å²) in [6.07, 6.45) is -0.661. The van der Waals surface area contributed by atoms with Gasteiger partial charge in [0, 0.05) is 10.6 Å². The van der Waals surface area contributed by atoms with Crippen LogP contribution in [0.4, 0.5) is 10.5 Å². The second kappa shape index (κ2) is 11.8. The molecule has 0 bridgehead atoms. The number of ether oxygens (including phenoxy) is 3. The normalized spacial score (nSPS) is 15.2. The molecule has 1 heterocycles. The maximum absolute atomic E-state index is 13.8. The standard InChI is InChI=1S/C30H32N2O6S/c1-30(2,3)38-29(35)31-24-18-39-26-15-12-22(28(34)37-5)16-25(26)32(27(24)33)17-19-6-8-20(9-7-19)21-10-13-23(36-4)14-11-21/h6-16,24H,17-18H2,1-5H3,(H,31,35)/t24-/m0/s1. The van der Waals surface area contributed by atoms with Gasteiger partial charge in [-0.1, -0.05) is 36.4 Å². The van der Waals surface area contributed by atoms with Crippen LogP contribution in [0.5, 0.6) is 5.75 Å². The highest BCUT2D eigenvalue weighted by Crippen LogP contribution is 2.36. The second-order valence-corrected chi connectivity index (χ2v) is 11.1. The molecule has 4 rings (SSSR count). The average molecular weight is 549 g/mol. The third kappa shape index (κ3) is 6.92. The van der Waals surface area contributed by atoms with E-state index in [1.54, 1.807) is 51.0 Å². The highest BCUT2D eigenvalue weighted by Gasteiger charge is 2.33. The SMILES string of the molecule is COC(=O)c1ccc2c(c1)N(Cc1ccc(-c3ccc(OC)cc3)cc1)C(=O)[C@@H](NC(=O)OC(C)(C)C)CS2. The Labute approximate surface area is 232 Å². The molecule has 0 fully saturated rings. The number of hydrogen-bond acceptors (Lipinski definition) is 7. The van der Waals surface area contributed by atoms with E-state index in [1.165, 1.54) is 18.9 Å². The first-order chi connectivity index (χ1) is 18.6. The fraction of sp³-hybridized carbons (Fsp3) is 0.300. The van der Waals surface area contributed by atoms with Crippen molar-refractivity contribution in [3.63, 3.8) is 0 Å². The van der Waals surface area contributed by atoms with E-state index < -0.39 is 23.7 Å². The summed E-state index contributed by atoms with van der Waals surface area (Å²) in [6.45, 7) is 5.54. The van der Waals surface area contributed by atoms with Crippen LogP contribution in [0.2, 0.25) is 0 Å². The van der Waals surface area contributed by atoms with Gasteiger partial charge in [0.1, 0.15) is 17.4 Å². The maximum atomic E-state index is 13.8. The molecule has 0 saturated heterocycles. The minimum Gasteiger partial charge on any atom is -0.497 e. The first kappa shape index (κ1) is 28.0. The highest BCUT2D eigenvalue weighted by atomic mass is 32.2. The van der Waals surface area contributed by atoms with Crippen LogP contribution in [-0.2, 0) is 20.8 Å². The van der Waals surface area contributed by atoms with Crippen molar-refractivity contribution in [2.75, 3.05) is 24.9 Å². The molecule has 0 aromatic heterocycles. The third-order valence-corrected chi connectivity index (χ3v) is 7.21. The molecule has 39 heavy (non-hydrogen) atoms. The van der Waals surface area contributed by atoms with Gasteiger partial charge in [0.05, 0.1) is 32.0 Å². The molecule has 3 aromatic rings. The third-order valence-electron chi connectivity index (χ3n) is 6.05. The van der Waals surface area contributed by atoms with Crippen LogP contribution in [0.15, 0.2) is 71.6 Å². The molecule has 2 amide bonds. The molecule has 0 unspecified atom stereocenters. The summed E-state index contributed by atoms with van der Waals surface area (Å²) in [6, 6.07) is 20.0. The smallest absolute Gasteiger partial charge is 0.408 e. The summed E-state index contributed by atoms with van der Waals surface area (Å²) in [7, 11) is 2.95. The predicted octanol–water partition coefficient (Wildman–Crippen LogP) is 5.68. The fourth-order valence-electron chi connectivity index (χ4n) is 4.13. The van der Waals surface area contributed by atoms with Gasteiger partial charge in [0.2, 0.25) is 0 Å². The highest BCUT2D eigenvalue weighted by molar-refractivity contribution is 7.99. The van der Waals surface area contributed by atoms with Gasteiger partial charge in [-0.2, -0.15) is 0 Å². The van der Waals surface area contributed by atoms with E-state index in [2.05, 4.69) is 5.32 Å². The minimum atomic E-state index is -0.822. The number of fused-ring (bicyclic) bond motifs is 1. The molecule has 1 aliphatic rings. The number of thioether (sulfide) groups is 1. The summed E-state index contributed by atoms with van der Waals surface area (Å²) in [5.41, 5.74) is 3.17. The van der Waals surface area contributed by atoms with Gasteiger partial charge in [0.25, 0.3) is 5.91 Å². The first-order valence-electron chi connectivity index (χ1n) is 12.5. The number of benzene rings is 3. The molecule has 0 spiro atoms. The van der Waals surface area contributed by atoms with Crippen molar-refractivity contribution in [3.05, 3.63) is 77.9 Å². The molecule has 8 nitrogen and oxygen atoms in total. The average Bonchev–Trinajstić information content (AvgIpc) is 3.04. The first-order valence-corrected chi connectivity index (χ1v) is 13.5. The van der Waals surface area contributed by atoms with Crippen LogP contribution in [0.1, 0.15) is 36.7 Å². The number of nitrogens with zero attached hydrogens (tertiary/aromatic N) is 1. The topological polar surface area (TPSA) is 94.2 Å². The summed E-state index contributed by atoms with van der Waals surface area (Å²) in [5.74, 6) is 0.308. The number of amides is 2. The molecule has 1 atom stereocenters. The molecule has 1 N–H and O–H groups in total. The van der Waals surface area contributed by atoms with Gasteiger partial charge in [-0.3, -0.25) is 4.79 Å². The largest absolute Gasteiger partial charge is 0.497 e. The number of rotatable bonds is 6.